The van der Waals surface area contributed by atoms with Gasteiger partial charge in [0, 0.05) is 18.2 Å². The molecule has 26 heavy (non-hydrogen) atoms. The molecular formula is C20H18FN5. The predicted molar refractivity (Wildman–Crippen MR) is 100 cm³/mol. The average molecular weight is 347 g/mol. The van der Waals surface area contributed by atoms with E-state index in [0.717, 1.165) is 17.0 Å². The number of fused-ring (bicyclic) bond motifs is 1. The molecule has 0 aliphatic rings. The fraction of sp³-hybridized carbons (Fsp3) is 0.150. The van der Waals surface area contributed by atoms with Gasteiger partial charge in [-0.1, -0.05) is 24.6 Å². The van der Waals surface area contributed by atoms with Crippen molar-refractivity contribution in [3.63, 3.8) is 0 Å². The number of hydrogen-bond donors (Lipinski definition) is 1. The molecular weight excluding hydrogens is 329 g/mol. The molecule has 1 N–H and O–H groups in total. The minimum Gasteiger partial charge on any atom is -0.339 e. The second-order valence-electron chi connectivity index (χ2n) is 6.10. The van der Waals surface area contributed by atoms with Crippen molar-refractivity contribution in [2.45, 2.75) is 20.3 Å². The molecule has 0 fully saturated rings. The summed E-state index contributed by atoms with van der Waals surface area (Å²) in [6.45, 7) is 4.05. The molecule has 0 spiro atoms. The van der Waals surface area contributed by atoms with Gasteiger partial charge in [-0.2, -0.15) is 0 Å². The molecule has 2 aromatic carbocycles. The largest absolute Gasteiger partial charge is 0.339 e. The summed E-state index contributed by atoms with van der Waals surface area (Å²) in [5.41, 5.74) is 3.54. The van der Waals surface area contributed by atoms with E-state index in [-0.39, 0.29) is 5.82 Å². The van der Waals surface area contributed by atoms with E-state index in [1.807, 2.05) is 42.7 Å². The van der Waals surface area contributed by atoms with E-state index in [2.05, 4.69) is 20.3 Å². The van der Waals surface area contributed by atoms with Gasteiger partial charge in [-0.15, -0.1) is 0 Å². The van der Waals surface area contributed by atoms with Crippen LogP contribution in [-0.4, -0.2) is 19.5 Å². The van der Waals surface area contributed by atoms with Crippen LogP contribution in [0.3, 0.4) is 0 Å². The van der Waals surface area contributed by atoms with Crippen LogP contribution in [-0.2, 0) is 6.42 Å². The summed E-state index contributed by atoms with van der Waals surface area (Å²) in [5.74, 6) is 1.73. The van der Waals surface area contributed by atoms with Gasteiger partial charge >= 0.3 is 0 Å². The number of aromatic nitrogens is 4. The highest BCUT2D eigenvalue weighted by Crippen LogP contribution is 2.23. The van der Waals surface area contributed by atoms with E-state index in [1.165, 1.54) is 17.7 Å². The molecule has 0 unspecified atom stereocenters. The Bertz CT molecular complexity index is 1070. The van der Waals surface area contributed by atoms with Gasteiger partial charge in [0.05, 0.1) is 23.4 Å². The highest BCUT2D eigenvalue weighted by molar-refractivity contribution is 5.78. The average Bonchev–Trinajstić information content (AvgIpc) is 3.01. The van der Waals surface area contributed by atoms with Gasteiger partial charge in [-0.25, -0.2) is 14.4 Å². The number of rotatable bonds is 4. The van der Waals surface area contributed by atoms with Crippen molar-refractivity contribution in [3.8, 4) is 5.82 Å². The van der Waals surface area contributed by atoms with Crippen molar-refractivity contribution in [2.75, 3.05) is 5.32 Å². The first-order valence-electron chi connectivity index (χ1n) is 8.47. The van der Waals surface area contributed by atoms with Gasteiger partial charge in [0.2, 0.25) is 0 Å². The van der Waals surface area contributed by atoms with Crippen LogP contribution in [0.5, 0.6) is 0 Å². The lowest BCUT2D eigenvalue weighted by molar-refractivity contribution is 0.629. The van der Waals surface area contributed by atoms with Crippen molar-refractivity contribution in [2.24, 2.45) is 0 Å². The Kier molecular flexibility index (Phi) is 4.08. The van der Waals surface area contributed by atoms with E-state index in [0.29, 0.717) is 23.6 Å². The van der Waals surface area contributed by atoms with E-state index < -0.39 is 0 Å². The number of anilines is 2. The zero-order chi connectivity index (χ0) is 18.1. The number of hydrogen-bond acceptors (Lipinski definition) is 4. The van der Waals surface area contributed by atoms with Crippen LogP contribution in [0.2, 0.25) is 0 Å². The Hall–Kier alpha value is -3.28. The molecule has 4 rings (SSSR count). The van der Waals surface area contributed by atoms with Gasteiger partial charge < -0.3 is 5.32 Å². The van der Waals surface area contributed by atoms with Gasteiger partial charge in [0.15, 0.2) is 11.6 Å². The smallest absolute Gasteiger partial charge is 0.159 e. The fourth-order valence-electron chi connectivity index (χ4n) is 2.90. The van der Waals surface area contributed by atoms with Crippen molar-refractivity contribution < 1.29 is 4.39 Å². The zero-order valence-corrected chi connectivity index (χ0v) is 14.6. The molecule has 0 saturated carbocycles. The van der Waals surface area contributed by atoms with Crippen LogP contribution < -0.4 is 5.32 Å². The lowest BCUT2D eigenvalue weighted by Gasteiger charge is -2.10. The molecule has 0 atom stereocenters. The molecule has 2 aromatic heterocycles. The third kappa shape index (κ3) is 3.01. The van der Waals surface area contributed by atoms with Crippen molar-refractivity contribution >= 4 is 22.5 Å². The lowest BCUT2D eigenvalue weighted by Crippen LogP contribution is -2.05. The van der Waals surface area contributed by atoms with Crippen molar-refractivity contribution in [1.82, 2.24) is 19.5 Å². The Balaban J connectivity index is 1.78. The Morgan fingerprint density at radius 3 is 2.62 bits per heavy atom. The van der Waals surface area contributed by atoms with Gasteiger partial charge in [0.1, 0.15) is 11.6 Å². The summed E-state index contributed by atoms with van der Waals surface area (Å²) in [4.78, 5) is 13.5. The van der Waals surface area contributed by atoms with E-state index >= 15 is 0 Å². The van der Waals surface area contributed by atoms with E-state index in [4.69, 9.17) is 0 Å². The molecule has 0 aliphatic carbocycles. The van der Waals surface area contributed by atoms with E-state index in [1.54, 1.807) is 18.5 Å². The maximum Gasteiger partial charge on any atom is 0.159 e. The van der Waals surface area contributed by atoms with Crippen LogP contribution in [0.15, 0.2) is 54.9 Å². The van der Waals surface area contributed by atoms with Crippen LogP contribution in [0.25, 0.3) is 16.9 Å². The summed E-state index contributed by atoms with van der Waals surface area (Å²) < 4.78 is 15.6. The number of benzene rings is 2. The molecule has 130 valence electrons. The molecule has 0 bridgehead atoms. The summed E-state index contributed by atoms with van der Waals surface area (Å²) in [6, 6.07) is 12.6. The Labute approximate surface area is 150 Å². The second-order valence-corrected chi connectivity index (χ2v) is 6.10. The van der Waals surface area contributed by atoms with Crippen molar-refractivity contribution in [1.29, 1.82) is 0 Å². The van der Waals surface area contributed by atoms with Gasteiger partial charge in [-0.05, 0) is 31.2 Å². The molecule has 0 amide bonds. The number of halogens is 1. The first-order chi connectivity index (χ1) is 12.6. The van der Waals surface area contributed by atoms with E-state index in [9.17, 15) is 4.39 Å². The first-order valence-corrected chi connectivity index (χ1v) is 8.47. The normalized spacial score (nSPS) is 11.0. The summed E-state index contributed by atoms with van der Waals surface area (Å²) in [5, 5.41) is 3.25. The zero-order valence-electron chi connectivity index (χ0n) is 14.6. The predicted octanol–water partition coefficient (Wildman–Crippen LogP) is 4.57. The summed E-state index contributed by atoms with van der Waals surface area (Å²) in [7, 11) is 0. The molecule has 5 nitrogen and oxygen atoms in total. The lowest BCUT2D eigenvalue weighted by atomic mass is 10.2. The molecule has 0 radical (unpaired) electrons. The molecule has 0 aliphatic heterocycles. The number of nitrogens with zero attached hydrogens (tertiary/aromatic N) is 4. The quantitative estimate of drug-likeness (QED) is 0.587. The summed E-state index contributed by atoms with van der Waals surface area (Å²) in [6.07, 6.45) is 4.02. The monoisotopic (exact) mass is 347 g/mol. The molecule has 6 heteroatoms. The third-order valence-corrected chi connectivity index (χ3v) is 4.18. The van der Waals surface area contributed by atoms with Crippen LogP contribution >= 0.6 is 0 Å². The highest BCUT2D eigenvalue weighted by atomic mass is 19.1. The first kappa shape index (κ1) is 16.2. The number of aryl methyl sites for hydroxylation is 2. The second kappa shape index (κ2) is 6.55. The number of imidazole rings is 1. The maximum absolute atomic E-state index is 13.8. The van der Waals surface area contributed by atoms with Crippen LogP contribution in [0, 0.1) is 12.7 Å². The maximum atomic E-state index is 13.8. The topological polar surface area (TPSA) is 55.6 Å². The van der Waals surface area contributed by atoms with Gasteiger partial charge in [0.25, 0.3) is 0 Å². The summed E-state index contributed by atoms with van der Waals surface area (Å²) >= 11 is 0. The number of nitrogens with one attached hydrogen (secondary N) is 1. The Morgan fingerprint density at radius 2 is 1.85 bits per heavy atom. The minimum atomic E-state index is -0.303. The standard InChI is InChI=1S/C20H18FN5/c1-3-19-24-16-9-6-14(21)10-17(16)26(19)20-12-22-11-18(25-20)23-15-7-4-13(2)5-8-15/h4-12H,3H2,1-2H3,(H,23,25). The SMILES string of the molecule is CCc1nc2ccc(F)cc2n1-c1cncc(Nc2ccc(C)cc2)n1. The van der Waals surface area contributed by atoms with Crippen LogP contribution in [0.1, 0.15) is 18.3 Å². The molecule has 2 heterocycles. The molecule has 0 saturated heterocycles. The highest BCUT2D eigenvalue weighted by Gasteiger charge is 2.14. The van der Waals surface area contributed by atoms with Gasteiger partial charge in [-0.3, -0.25) is 9.55 Å². The van der Waals surface area contributed by atoms with Crippen molar-refractivity contribution in [3.05, 3.63) is 72.1 Å². The molecule has 4 aromatic rings. The fourth-order valence-corrected chi connectivity index (χ4v) is 2.90. The Morgan fingerprint density at radius 1 is 1.04 bits per heavy atom. The minimum absolute atomic E-state index is 0.303. The van der Waals surface area contributed by atoms with Crippen LogP contribution in [0.4, 0.5) is 15.9 Å². The third-order valence-electron chi connectivity index (χ3n) is 4.18.